The summed E-state index contributed by atoms with van der Waals surface area (Å²) >= 11 is 11.9. The molecule has 0 saturated heterocycles. The molecule has 0 radical (unpaired) electrons. The lowest BCUT2D eigenvalue weighted by atomic mass is 10.1. The molecule has 0 fully saturated rings. The van der Waals surface area contributed by atoms with Gasteiger partial charge in [0, 0.05) is 5.56 Å². The maximum atomic E-state index is 11.5. The molecule has 0 aliphatic rings. The average Bonchev–Trinajstić information content (AvgIpc) is 2.80. The van der Waals surface area contributed by atoms with Crippen molar-refractivity contribution in [3.8, 4) is 11.3 Å². The molecule has 88 valence electrons. The first-order chi connectivity index (χ1) is 8.15. The quantitative estimate of drug-likeness (QED) is 0.786. The summed E-state index contributed by atoms with van der Waals surface area (Å²) in [7, 11) is 1.28. The highest BCUT2D eigenvalue weighted by Crippen LogP contribution is 2.34. The van der Waals surface area contributed by atoms with Crippen molar-refractivity contribution in [1.82, 2.24) is 5.16 Å². The van der Waals surface area contributed by atoms with E-state index in [0.717, 1.165) is 0 Å². The van der Waals surface area contributed by atoms with Crippen molar-refractivity contribution < 1.29 is 14.1 Å². The molecule has 4 nitrogen and oxygen atoms in total. The van der Waals surface area contributed by atoms with Gasteiger partial charge in [-0.15, -0.1) is 0 Å². The fraction of sp³-hybridized carbons (Fsp3) is 0.0909. The molecule has 0 atom stereocenters. The Morgan fingerprint density at radius 1 is 1.41 bits per heavy atom. The lowest BCUT2D eigenvalue weighted by molar-refractivity contribution is 0.0600. The molecule has 0 aliphatic heterocycles. The van der Waals surface area contributed by atoms with E-state index in [9.17, 15) is 4.79 Å². The number of hydrogen-bond acceptors (Lipinski definition) is 4. The Hall–Kier alpha value is -1.52. The molecule has 1 aromatic heterocycles. The molecule has 0 amide bonds. The zero-order valence-electron chi connectivity index (χ0n) is 8.74. The summed E-state index contributed by atoms with van der Waals surface area (Å²) in [5, 5.41) is 4.43. The highest BCUT2D eigenvalue weighted by molar-refractivity contribution is 6.43. The summed E-state index contributed by atoms with van der Waals surface area (Å²) in [6, 6.07) is 5.04. The normalized spacial score (nSPS) is 10.3. The summed E-state index contributed by atoms with van der Waals surface area (Å²) < 4.78 is 9.38. The zero-order valence-corrected chi connectivity index (χ0v) is 10.2. The summed E-state index contributed by atoms with van der Waals surface area (Å²) in [6.07, 6.45) is 1.21. The zero-order chi connectivity index (χ0) is 12.4. The van der Waals surface area contributed by atoms with Crippen molar-refractivity contribution in [3.05, 3.63) is 40.1 Å². The number of esters is 1. The van der Waals surface area contributed by atoms with Crippen molar-refractivity contribution in [2.75, 3.05) is 7.11 Å². The molecule has 17 heavy (non-hydrogen) atoms. The fourth-order valence-electron chi connectivity index (χ4n) is 1.37. The lowest BCUT2D eigenvalue weighted by Gasteiger charge is -2.03. The Balaban J connectivity index is 2.58. The molecule has 0 aliphatic carbocycles. The first-order valence-electron chi connectivity index (χ1n) is 4.62. The Bertz CT molecular complexity index is 566. The highest BCUT2D eigenvalue weighted by atomic mass is 35.5. The van der Waals surface area contributed by atoms with Crippen molar-refractivity contribution in [3.63, 3.8) is 0 Å². The van der Waals surface area contributed by atoms with Crippen LogP contribution in [0.1, 0.15) is 10.4 Å². The van der Waals surface area contributed by atoms with Gasteiger partial charge in [-0.1, -0.05) is 40.5 Å². The number of aromatic nitrogens is 1. The Morgan fingerprint density at radius 3 is 2.88 bits per heavy atom. The van der Waals surface area contributed by atoms with Gasteiger partial charge in [0.1, 0.15) is 17.5 Å². The molecule has 2 aromatic rings. The molecule has 1 heterocycles. The molecule has 2 rings (SSSR count). The number of nitrogens with zero attached hydrogens (tertiary/aromatic N) is 1. The second-order valence-corrected chi connectivity index (χ2v) is 3.95. The number of ether oxygens (including phenoxy) is 1. The SMILES string of the molecule is COC(=O)c1conc1-c1cccc(Cl)c1Cl. The fourth-order valence-corrected chi connectivity index (χ4v) is 1.76. The number of carbonyl (C=O) groups is 1. The van der Waals surface area contributed by atoms with E-state index in [-0.39, 0.29) is 5.56 Å². The van der Waals surface area contributed by atoms with E-state index in [1.165, 1.54) is 13.4 Å². The first-order valence-corrected chi connectivity index (χ1v) is 5.37. The van der Waals surface area contributed by atoms with Gasteiger partial charge in [-0.2, -0.15) is 0 Å². The number of benzene rings is 1. The van der Waals surface area contributed by atoms with E-state index in [2.05, 4.69) is 9.89 Å². The van der Waals surface area contributed by atoms with Crippen LogP contribution in [0.2, 0.25) is 10.0 Å². The topological polar surface area (TPSA) is 52.3 Å². The maximum Gasteiger partial charge on any atom is 0.343 e. The van der Waals surface area contributed by atoms with Gasteiger partial charge in [0.15, 0.2) is 0 Å². The van der Waals surface area contributed by atoms with Gasteiger partial charge in [0.2, 0.25) is 0 Å². The van der Waals surface area contributed by atoms with Crippen molar-refractivity contribution >= 4 is 29.2 Å². The van der Waals surface area contributed by atoms with Gasteiger partial charge in [-0.3, -0.25) is 0 Å². The minimum atomic E-state index is -0.544. The van der Waals surface area contributed by atoms with Gasteiger partial charge >= 0.3 is 5.97 Å². The summed E-state index contributed by atoms with van der Waals surface area (Å²) in [5.74, 6) is -0.544. The van der Waals surface area contributed by atoms with Crippen LogP contribution in [0.25, 0.3) is 11.3 Å². The van der Waals surface area contributed by atoms with Crippen LogP contribution in [0.5, 0.6) is 0 Å². The van der Waals surface area contributed by atoms with E-state index in [1.807, 2.05) is 0 Å². The second kappa shape index (κ2) is 4.77. The van der Waals surface area contributed by atoms with Crippen LogP contribution >= 0.6 is 23.2 Å². The highest BCUT2D eigenvalue weighted by Gasteiger charge is 2.20. The van der Waals surface area contributed by atoms with Gasteiger partial charge in [0.05, 0.1) is 17.2 Å². The monoisotopic (exact) mass is 271 g/mol. The van der Waals surface area contributed by atoms with E-state index in [0.29, 0.717) is 21.3 Å². The Kier molecular flexibility index (Phi) is 3.36. The number of methoxy groups -OCH3 is 1. The molecule has 0 saturated carbocycles. The number of carbonyl (C=O) groups excluding carboxylic acids is 1. The van der Waals surface area contributed by atoms with Crippen LogP contribution in [0.3, 0.4) is 0 Å². The molecule has 0 unspecified atom stereocenters. The number of halogens is 2. The van der Waals surface area contributed by atoms with Crippen LogP contribution < -0.4 is 0 Å². The standard InChI is InChI=1S/C11H7Cl2NO3/c1-16-11(15)7-5-17-14-10(7)6-3-2-4-8(12)9(6)13/h2-5H,1H3. The number of hydrogen-bond donors (Lipinski definition) is 0. The second-order valence-electron chi connectivity index (χ2n) is 3.17. The summed E-state index contributed by atoms with van der Waals surface area (Å²) in [5.41, 5.74) is 1.04. The predicted molar refractivity (Wildman–Crippen MR) is 63.3 cm³/mol. The van der Waals surface area contributed by atoms with E-state index >= 15 is 0 Å². The summed E-state index contributed by atoms with van der Waals surface area (Å²) in [6.45, 7) is 0. The van der Waals surface area contributed by atoms with Crippen molar-refractivity contribution in [2.24, 2.45) is 0 Å². The van der Waals surface area contributed by atoms with E-state index in [4.69, 9.17) is 27.7 Å². The van der Waals surface area contributed by atoms with Gasteiger partial charge in [-0.05, 0) is 6.07 Å². The third-order valence-corrected chi connectivity index (χ3v) is 3.00. The molecular formula is C11H7Cl2NO3. The van der Waals surface area contributed by atoms with E-state index < -0.39 is 5.97 Å². The molecular weight excluding hydrogens is 265 g/mol. The first kappa shape index (κ1) is 12.0. The van der Waals surface area contributed by atoms with Gasteiger partial charge in [0.25, 0.3) is 0 Å². The maximum absolute atomic E-state index is 11.5. The van der Waals surface area contributed by atoms with Crippen LogP contribution in [0.4, 0.5) is 0 Å². The van der Waals surface area contributed by atoms with Gasteiger partial charge < -0.3 is 9.26 Å². The van der Waals surface area contributed by atoms with Crippen LogP contribution in [-0.2, 0) is 4.74 Å². The van der Waals surface area contributed by atoms with Crippen LogP contribution in [-0.4, -0.2) is 18.2 Å². The van der Waals surface area contributed by atoms with Gasteiger partial charge in [-0.25, -0.2) is 4.79 Å². The molecule has 6 heteroatoms. The van der Waals surface area contributed by atoms with E-state index in [1.54, 1.807) is 18.2 Å². The Morgan fingerprint density at radius 2 is 2.18 bits per heavy atom. The predicted octanol–water partition coefficient (Wildman–Crippen LogP) is 3.44. The van der Waals surface area contributed by atoms with Crippen molar-refractivity contribution in [2.45, 2.75) is 0 Å². The number of rotatable bonds is 2. The van der Waals surface area contributed by atoms with Crippen molar-refractivity contribution in [1.29, 1.82) is 0 Å². The molecule has 1 aromatic carbocycles. The summed E-state index contributed by atoms with van der Waals surface area (Å²) in [4.78, 5) is 11.5. The third kappa shape index (κ3) is 2.14. The van der Waals surface area contributed by atoms with Crippen LogP contribution in [0.15, 0.2) is 29.0 Å². The third-order valence-electron chi connectivity index (χ3n) is 2.18. The average molecular weight is 272 g/mol. The largest absolute Gasteiger partial charge is 0.465 e. The molecule has 0 bridgehead atoms. The smallest absolute Gasteiger partial charge is 0.343 e. The Labute approximate surface area is 107 Å². The lowest BCUT2D eigenvalue weighted by Crippen LogP contribution is -2.01. The molecule has 0 spiro atoms. The minimum absolute atomic E-state index is 0.205. The van der Waals surface area contributed by atoms with Crippen LogP contribution in [0, 0.1) is 0 Å². The molecule has 0 N–H and O–H groups in total. The minimum Gasteiger partial charge on any atom is -0.465 e.